The van der Waals surface area contributed by atoms with Gasteiger partial charge in [0.15, 0.2) is 0 Å². The third-order valence-corrected chi connectivity index (χ3v) is 3.79. The Morgan fingerprint density at radius 1 is 1.43 bits per heavy atom. The second-order valence-electron chi connectivity index (χ2n) is 4.11. The minimum Gasteiger partial charge on any atom is -0.272 e. The van der Waals surface area contributed by atoms with E-state index >= 15 is 0 Å². The van der Waals surface area contributed by atoms with Crippen LogP contribution in [0, 0.1) is 0 Å². The van der Waals surface area contributed by atoms with Crippen LogP contribution in [0.3, 0.4) is 0 Å². The molecule has 110 valence electrons. The topological polar surface area (TPSA) is 85.1 Å². The Balaban J connectivity index is 1.86. The average molecular weight is 325 g/mol. The van der Waals surface area contributed by atoms with Gasteiger partial charge in [-0.05, 0) is 35.0 Å². The van der Waals surface area contributed by atoms with Gasteiger partial charge in [0.05, 0.1) is 11.5 Å². The van der Waals surface area contributed by atoms with Crippen molar-refractivity contribution in [3.63, 3.8) is 0 Å². The number of carbonyl (C=O) groups is 1. The fourth-order valence-corrected chi connectivity index (χ4v) is 2.18. The molecular weight excluding hydrogens is 312 g/mol. The van der Waals surface area contributed by atoms with E-state index in [0.717, 1.165) is 5.56 Å². The molecule has 1 aromatic heterocycles. The van der Waals surface area contributed by atoms with Gasteiger partial charge in [-0.3, -0.25) is 4.79 Å². The van der Waals surface area contributed by atoms with Crippen LogP contribution in [0.1, 0.15) is 12.5 Å². The number of aryl methyl sites for hydroxylation is 1. The molecule has 0 bridgehead atoms. The predicted molar refractivity (Wildman–Crippen MR) is 81.3 cm³/mol. The second-order valence-corrected chi connectivity index (χ2v) is 5.49. The van der Waals surface area contributed by atoms with Crippen LogP contribution in [0.25, 0.3) is 0 Å². The lowest BCUT2D eigenvalue weighted by Gasteiger charge is -2.03. The smallest absolute Gasteiger partial charge is 0.250 e. The highest BCUT2D eigenvalue weighted by molar-refractivity contribution is 7.99. The Morgan fingerprint density at radius 2 is 2.14 bits per heavy atom. The van der Waals surface area contributed by atoms with Gasteiger partial charge in [-0.2, -0.15) is 5.10 Å². The van der Waals surface area contributed by atoms with Gasteiger partial charge in [0.2, 0.25) is 5.16 Å². The number of carbonyl (C=O) groups excluding carboxylic acids is 1. The van der Waals surface area contributed by atoms with E-state index in [4.69, 9.17) is 11.6 Å². The summed E-state index contributed by atoms with van der Waals surface area (Å²) in [6, 6.07) is 7.23. The first-order valence-corrected chi connectivity index (χ1v) is 7.37. The quantitative estimate of drug-likeness (QED) is 0.512. The average Bonchev–Trinajstić information content (AvgIpc) is 2.88. The summed E-state index contributed by atoms with van der Waals surface area (Å²) in [5.41, 5.74) is 4.09. The summed E-state index contributed by atoms with van der Waals surface area (Å²) in [5, 5.41) is 16.2. The van der Waals surface area contributed by atoms with Crippen molar-refractivity contribution in [2.24, 2.45) is 12.1 Å². The van der Waals surface area contributed by atoms with Gasteiger partial charge in [-0.25, -0.2) is 10.1 Å². The van der Waals surface area contributed by atoms with E-state index in [2.05, 4.69) is 26.1 Å². The second kappa shape index (κ2) is 7.19. The summed E-state index contributed by atoms with van der Waals surface area (Å²) in [6.45, 7) is 1.81. The summed E-state index contributed by atoms with van der Waals surface area (Å²) in [4.78, 5) is 11.7. The first-order valence-electron chi connectivity index (χ1n) is 6.00. The zero-order valence-electron chi connectivity index (χ0n) is 11.4. The first kappa shape index (κ1) is 15.5. The first-order chi connectivity index (χ1) is 10.1. The zero-order chi connectivity index (χ0) is 15.2. The summed E-state index contributed by atoms with van der Waals surface area (Å²) in [7, 11) is 1.71. The molecule has 0 unspecified atom stereocenters. The van der Waals surface area contributed by atoms with Crippen LogP contribution in [0.5, 0.6) is 0 Å². The van der Waals surface area contributed by atoms with E-state index in [-0.39, 0.29) is 11.7 Å². The number of thioether (sulfide) groups is 1. The molecule has 2 rings (SSSR count). The Bertz CT molecular complexity index is 654. The van der Waals surface area contributed by atoms with E-state index in [1.54, 1.807) is 19.2 Å². The number of aromatic nitrogens is 4. The van der Waals surface area contributed by atoms with Crippen LogP contribution in [-0.4, -0.2) is 37.6 Å². The molecular formula is C12H13ClN6OS. The SMILES string of the molecule is C/C(=N\NC(=O)CSc1nnnn1C)c1ccc(Cl)cc1. The third-order valence-electron chi connectivity index (χ3n) is 2.52. The van der Waals surface area contributed by atoms with Crippen LogP contribution in [0.4, 0.5) is 0 Å². The highest BCUT2D eigenvalue weighted by atomic mass is 35.5. The molecule has 1 amide bonds. The number of hydrazone groups is 1. The maximum Gasteiger partial charge on any atom is 0.250 e. The van der Waals surface area contributed by atoms with Crippen LogP contribution < -0.4 is 5.43 Å². The molecule has 7 nitrogen and oxygen atoms in total. The molecule has 2 aromatic rings. The predicted octanol–water partition coefficient (Wildman–Crippen LogP) is 1.50. The lowest BCUT2D eigenvalue weighted by Crippen LogP contribution is -2.21. The van der Waals surface area contributed by atoms with Gasteiger partial charge in [0.1, 0.15) is 0 Å². The van der Waals surface area contributed by atoms with Crippen molar-refractivity contribution in [1.82, 2.24) is 25.6 Å². The third kappa shape index (κ3) is 4.54. The molecule has 9 heteroatoms. The monoisotopic (exact) mass is 324 g/mol. The van der Waals surface area contributed by atoms with Gasteiger partial charge < -0.3 is 0 Å². The maximum absolute atomic E-state index is 11.7. The Labute approximate surface area is 130 Å². The fourth-order valence-electron chi connectivity index (χ4n) is 1.41. The molecule has 0 fully saturated rings. The molecule has 1 aromatic carbocycles. The highest BCUT2D eigenvalue weighted by Crippen LogP contribution is 2.12. The van der Waals surface area contributed by atoms with Crippen molar-refractivity contribution < 1.29 is 4.79 Å². The minimum absolute atomic E-state index is 0.186. The van der Waals surface area contributed by atoms with Crippen molar-refractivity contribution >= 4 is 35.0 Å². The maximum atomic E-state index is 11.7. The van der Waals surface area contributed by atoms with Crippen molar-refractivity contribution in [1.29, 1.82) is 0 Å². The van der Waals surface area contributed by atoms with Gasteiger partial charge in [0.25, 0.3) is 5.91 Å². The van der Waals surface area contributed by atoms with Crippen LogP contribution >= 0.6 is 23.4 Å². The number of tetrazole rings is 1. The van der Waals surface area contributed by atoms with Crippen molar-refractivity contribution in [2.75, 3.05) is 5.75 Å². The van der Waals surface area contributed by atoms with E-state index < -0.39 is 0 Å². The number of benzene rings is 1. The molecule has 0 spiro atoms. The summed E-state index contributed by atoms with van der Waals surface area (Å²) in [5.74, 6) is -0.0395. The zero-order valence-corrected chi connectivity index (χ0v) is 13.0. The summed E-state index contributed by atoms with van der Waals surface area (Å²) < 4.78 is 1.50. The molecule has 1 heterocycles. The van der Waals surface area contributed by atoms with Crippen molar-refractivity contribution in [3.8, 4) is 0 Å². The largest absolute Gasteiger partial charge is 0.272 e. The molecule has 21 heavy (non-hydrogen) atoms. The number of nitrogens with zero attached hydrogens (tertiary/aromatic N) is 5. The molecule has 0 aliphatic heterocycles. The number of amides is 1. The summed E-state index contributed by atoms with van der Waals surface area (Å²) >= 11 is 7.06. The number of halogens is 1. The Morgan fingerprint density at radius 3 is 2.76 bits per heavy atom. The lowest BCUT2D eigenvalue weighted by atomic mass is 10.1. The lowest BCUT2D eigenvalue weighted by molar-refractivity contribution is -0.118. The van der Waals surface area contributed by atoms with Crippen LogP contribution in [0.15, 0.2) is 34.5 Å². The molecule has 0 saturated carbocycles. The van der Waals surface area contributed by atoms with E-state index in [1.807, 2.05) is 19.1 Å². The molecule has 0 radical (unpaired) electrons. The van der Waals surface area contributed by atoms with Crippen LogP contribution in [-0.2, 0) is 11.8 Å². The number of rotatable bonds is 5. The normalized spacial score (nSPS) is 11.5. The van der Waals surface area contributed by atoms with Gasteiger partial charge >= 0.3 is 0 Å². The summed E-state index contributed by atoms with van der Waals surface area (Å²) in [6.07, 6.45) is 0. The molecule has 0 aliphatic rings. The molecule has 0 aliphatic carbocycles. The van der Waals surface area contributed by atoms with Crippen LogP contribution in [0.2, 0.25) is 5.02 Å². The van der Waals surface area contributed by atoms with Gasteiger partial charge in [-0.15, -0.1) is 5.10 Å². The van der Waals surface area contributed by atoms with E-state index in [9.17, 15) is 4.79 Å². The number of nitrogens with one attached hydrogen (secondary N) is 1. The van der Waals surface area contributed by atoms with Gasteiger partial charge in [-0.1, -0.05) is 35.5 Å². The molecule has 1 N–H and O–H groups in total. The van der Waals surface area contributed by atoms with E-state index in [0.29, 0.717) is 15.9 Å². The van der Waals surface area contributed by atoms with E-state index in [1.165, 1.54) is 16.4 Å². The molecule has 0 atom stereocenters. The minimum atomic E-state index is -0.226. The molecule has 0 saturated heterocycles. The Hall–Kier alpha value is -1.93. The highest BCUT2D eigenvalue weighted by Gasteiger charge is 2.07. The fraction of sp³-hybridized carbons (Fsp3) is 0.250. The van der Waals surface area contributed by atoms with Crippen molar-refractivity contribution in [2.45, 2.75) is 12.1 Å². The number of hydrogen-bond donors (Lipinski definition) is 1. The van der Waals surface area contributed by atoms with Gasteiger partial charge in [0, 0.05) is 12.1 Å². The van der Waals surface area contributed by atoms with Crippen molar-refractivity contribution in [3.05, 3.63) is 34.9 Å². The standard InChI is InChI=1S/C12H13ClN6OS/c1-8(9-3-5-10(13)6-4-9)14-15-11(20)7-21-12-16-17-18-19(12)2/h3-6H,7H2,1-2H3,(H,15,20)/b14-8+. The number of hydrogen-bond acceptors (Lipinski definition) is 6. The Kier molecular flexibility index (Phi) is 5.29.